The molecule has 0 spiro atoms. The molecule has 0 aromatic heterocycles. The van der Waals surface area contributed by atoms with Crippen LogP contribution in [-0.4, -0.2) is 61.8 Å². The van der Waals surface area contributed by atoms with Crippen molar-refractivity contribution >= 4 is 23.9 Å². The van der Waals surface area contributed by atoms with Crippen molar-refractivity contribution in [1.82, 2.24) is 0 Å². The maximum atomic E-state index is 14.8. The van der Waals surface area contributed by atoms with E-state index in [9.17, 15) is 9.59 Å². The van der Waals surface area contributed by atoms with Crippen LogP contribution in [0.2, 0.25) is 0 Å². The molecule has 0 bridgehead atoms. The van der Waals surface area contributed by atoms with Gasteiger partial charge in [-0.1, -0.05) is 6.07 Å². The Kier molecular flexibility index (Phi) is 9.89. The van der Waals surface area contributed by atoms with E-state index < -0.39 is 12.0 Å². The molecule has 0 saturated heterocycles. The fourth-order valence-electron chi connectivity index (χ4n) is 5.72. The van der Waals surface area contributed by atoms with Crippen molar-refractivity contribution in [2.24, 2.45) is 0 Å². The summed E-state index contributed by atoms with van der Waals surface area (Å²) in [5.74, 6) is 2.29. The molecule has 47 heavy (non-hydrogen) atoms. The van der Waals surface area contributed by atoms with Crippen LogP contribution in [0.25, 0.3) is 11.8 Å². The monoisotopic (exact) mass is 640 g/mol. The average Bonchev–Trinajstić information content (AvgIpc) is 3.13. The van der Waals surface area contributed by atoms with Gasteiger partial charge in [0.1, 0.15) is 23.9 Å². The molecule has 2 unspecified atom stereocenters. The number of ketones is 1. The SMILES string of the molecule is COc1ccc2c(c1)C=C(c1ccc(OC)c(OC)c1)OC2C(C(=O)c1ccc(OC)c(OC)c1)c1cc(OC)c(OC)cc1C=O. The topological polar surface area (TPSA) is 108 Å². The summed E-state index contributed by atoms with van der Waals surface area (Å²) in [6, 6.07) is 19.1. The van der Waals surface area contributed by atoms with E-state index in [0.717, 1.165) is 5.56 Å². The Morgan fingerprint density at radius 3 is 1.87 bits per heavy atom. The summed E-state index contributed by atoms with van der Waals surface area (Å²) in [6.45, 7) is 0. The third-order valence-electron chi connectivity index (χ3n) is 8.11. The van der Waals surface area contributed by atoms with Crippen molar-refractivity contribution in [3.63, 3.8) is 0 Å². The molecular formula is C37H36O10. The number of methoxy groups -OCH3 is 7. The van der Waals surface area contributed by atoms with Gasteiger partial charge in [-0.05, 0) is 77.9 Å². The Morgan fingerprint density at radius 1 is 0.660 bits per heavy atom. The first-order valence-corrected chi connectivity index (χ1v) is 14.6. The van der Waals surface area contributed by atoms with Crippen molar-refractivity contribution in [1.29, 1.82) is 0 Å². The van der Waals surface area contributed by atoms with Crippen LogP contribution in [0, 0.1) is 0 Å². The van der Waals surface area contributed by atoms with Crippen molar-refractivity contribution in [3.8, 4) is 40.2 Å². The van der Waals surface area contributed by atoms with E-state index in [1.54, 1.807) is 69.9 Å². The van der Waals surface area contributed by atoms with E-state index in [0.29, 0.717) is 74.5 Å². The quantitative estimate of drug-likeness (QED) is 0.114. The Balaban J connectivity index is 1.77. The minimum Gasteiger partial charge on any atom is -0.497 e. The lowest BCUT2D eigenvalue weighted by Gasteiger charge is -2.34. The minimum atomic E-state index is -1.05. The third kappa shape index (κ3) is 6.27. The molecule has 2 atom stereocenters. The molecule has 10 heteroatoms. The number of carbonyl (C=O) groups excluding carboxylic acids is 2. The van der Waals surface area contributed by atoms with E-state index in [4.69, 9.17) is 37.9 Å². The first-order valence-electron chi connectivity index (χ1n) is 14.6. The highest BCUT2D eigenvalue weighted by Gasteiger charge is 2.39. The predicted octanol–water partition coefficient (Wildman–Crippen LogP) is 6.80. The highest BCUT2D eigenvalue weighted by Crippen LogP contribution is 2.48. The number of carbonyl (C=O) groups is 2. The maximum Gasteiger partial charge on any atom is 0.174 e. The zero-order chi connectivity index (χ0) is 33.7. The average molecular weight is 641 g/mol. The van der Waals surface area contributed by atoms with E-state index in [-0.39, 0.29) is 11.3 Å². The molecule has 0 N–H and O–H groups in total. The third-order valence-corrected chi connectivity index (χ3v) is 8.11. The molecule has 244 valence electrons. The molecule has 1 heterocycles. The molecule has 4 aromatic rings. The lowest BCUT2D eigenvalue weighted by Crippen LogP contribution is -2.26. The molecule has 0 fully saturated rings. The van der Waals surface area contributed by atoms with Gasteiger partial charge < -0.3 is 37.9 Å². The van der Waals surface area contributed by atoms with Gasteiger partial charge in [-0.2, -0.15) is 0 Å². The van der Waals surface area contributed by atoms with Crippen molar-refractivity contribution in [2.45, 2.75) is 12.0 Å². The highest BCUT2D eigenvalue weighted by molar-refractivity contribution is 6.03. The number of aldehydes is 1. The van der Waals surface area contributed by atoms with Crippen LogP contribution in [0.5, 0.6) is 40.2 Å². The van der Waals surface area contributed by atoms with Gasteiger partial charge in [0.25, 0.3) is 0 Å². The molecule has 10 nitrogen and oxygen atoms in total. The molecule has 0 radical (unpaired) electrons. The molecule has 1 aliphatic heterocycles. The summed E-state index contributed by atoms with van der Waals surface area (Å²) in [6.07, 6.45) is 1.65. The van der Waals surface area contributed by atoms with Crippen molar-refractivity contribution < 1.29 is 47.5 Å². The van der Waals surface area contributed by atoms with Crippen LogP contribution in [0.4, 0.5) is 0 Å². The highest BCUT2D eigenvalue weighted by atomic mass is 16.5. The van der Waals surface area contributed by atoms with Gasteiger partial charge in [0.05, 0.1) is 55.7 Å². The van der Waals surface area contributed by atoms with Gasteiger partial charge in [0.2, 0.25) is 0 Å². The number of hydrogen-bond acceptors (Lipinski definition) is 10. The second kappa shape index (κ2) is 14.2. The van der Waals surface area contributed by atoms with Gasteiger partial charge in [-0.25, -0.2) is 0 Å². The lowest BCUT2D eigenvalue weighted by molar-refractivity contribution is 0.0797. The van der Waals surface area contributed by atoms with Crippen molar-refractivity contribution in [2.75, 3.05) is 49.8 Å². The predicted molar refractivity (Wildman–Crippen MR) is 176 cm³/mol. The Hall–Kier alpha value is -5.64. The molecular weight excluding hydrogens is 604 g/mol. The van der Waals surface area contributed by atoms with Crippen LogP contribution in [0.15, 0.2) is 66.7 Å². The smallest absolute Gasteiger partial charge is 0.174 e. The van der Waals surface area contributed by atoms with Gasteiger partial charge in [-0.3, -0.25) is 9.59 Å². The largest absolute Gasteiger partial charge is 0.497 e. The fourth-order valence-corrected chi connectivity index (χ4v) is 5.72. The summed E-state index contributed by atoms with van der Waals surface area (Å²) in [5.41, 5.74) is 3.10. The van der Waals surface area contributed by atoms with Gasteiger partial charge >= 0.3 is 0 Å². The Morgan fingerprint density at radius 2 is 1.26 bits per heavy atom. The van der Waals surface area contributed by atoms with E-state index in [1.165, 1.54) is 28.4 Å². The first-order chi connectivity index (χ1) is 22.8. The first kappa shape index (κ1) is 32.7. The number of fused-ring (bicyclic) bond motifs is 1. The van der Waals surface area contributed by atoms with Crippen LogP contribution < -0.4 is 33.2 Å². The number of rotatable bonds is 13. The van der Waals surface area contributed by atoms with Crippen LogP contribution in [0.1, 0.15) is 55.0 Å². The summed E-state index contributed by atoms with van der Waals surface area (Å²) < 4.78 is 45.4. The Labute approximate surface area is 273 Å². The normalized spacial score (nSPS) is 14.0. The molecule has 0 aliphatic carbocycles. The maximum absolute atomic E-state index is 14.8. The Bertz CT molecular complexity index is 1830. The number of benzene rings is 4. The summed E-state index contributed by atoms with van der Waals surface area (Å²) in [5, 5.41) is 0. The molecule has 0 saturated carbocycles. The second-order valence-corrected chi connectivity index (χ2v) is 10.5. The van der Waals surface area contributed by atoms with Crippen molar-refractivity contribution in [3.05, 3.63) is 100 Å². The van der Waals surface area contributed by atoms with E-state index >= 15 is 0 Å². The molecule has 1 aliphatic rings. The zero-order valence-corrected chi connectivity index (χ0v) is 27.2. The minimum absolute atomic E-state index is 0.238. The standard InChI is InChI=1S/C37H36O10/c1-40-25-10-11-26-23(14-25)17-30(21-8-12-28(41-2)31(15-21)43-4)47-37(26)35(27-19-34(46-7)33(45-6)18-24(27)20-38)36(39)22-9-13-29(42-3)32(16-22)44-5/h8-20,35,37H,1-7H3. The second-order valence-electron chi connectivity index (χ2n) is 10.5. The van der Waals surface area contributed by atoms with Crippen LogP contribution >= 0.6 is 0 Å². The van der Waals surface area contributed by atoms with E-state index in [2.05, 4.69) is 0 Å². The van der Waals surface area contributed by atoms with Gasteiger partial charge in [0, 0.05) is 22.3 Å². The van der Waals surface area contributed by atoms with Crippen LogP contribution in [0.3, 0.4) is 0 Å². The van der Waals surface area contributed by atoms with E-state index in [1.807, 2.05) is 24.3 Å². The number of ether oxygens (including phenoxy) is 8. The lowest BCUT2D eigenvalue weighted by atomic mass is 9.79. The zero-order valence-electron chi connectivity index (χ0n) is 27.2. The van der Waals surface area contributed by atoms with Gasteiger partial charge in [-0.15, -0.1) is 0 Å². The fraction of sp³-hybridized carbons (Fsp3) is 0.243. The van der Waals surface area contributed by atoms with Crippen LogP contribution in [-0.2, 0) is 4.74 Å². The molecule has 5 rings (SSSR count). The molecule has 4 aromatic carbocycles. The molecule has 0 amide bonds. The summed E-state index contributed by atoms with van der Waals surface area (Å²) in [4.78, 5) is 27.5. The number of Topliss-reactive ketones (excluding diaryl/α,β-unsaturated/α-hetero) is 1. The van der Waals surface area contributed by atoms with Gasteiger partial charge in [0.15, 0.2) is 40.3 Å². The summed E-state index contributed by atoms with van der Waals surface area (Å²) in [7, 11) is 10.7. The number of hydrogen-bond donors (Lipinski definition) is 0. The summed E-state index contributed by atoms with van der Waals surface area (Å²) >= 11 is 0.